The second-order valence-electron chi connectivity index (χ2n) is 17.4. The number of rotatable bonds is 14. The van der Waals surface area contributed by atoms with Crippen LogP contribution in [0.25, 0.3) is 43.8 Å². The van der Waals surface area contributed by atoms with Gasteiger partial charge in [-0.3, -0.25) is 4.79 Å². The molecule has 9 aromatic rings. The number of aromatic nitrogens is 4. The molecule has 9 rings (SSSR count). The molecule has 10 nitrogen and oxygen atoms in total. The van der Waals surface area contributed by atoms with Gasteiger partial charge in [-0.05, 0) is 126 Å². The average molecular weight is 1030 g/mol. The molecule has 0 radical (unpaired) electrons. The van der Waals surface area contributed by atoms with Crippen molar-refractivity contribution in [2.24, 2.45) is 11.8 Å². The maximum absolute atomic E-state index is 10.5. The van der Waals surface area contributed by atoms with Crippen molar-refractivity contribution < 1.29 is 129 Å². The number of aromatic amines is 1. The summed E-state index contributed by atoms with van der Waals surface area (Å²) in [6.07, 6.45) is 3.58. The first-order valence-electron chi connectivity index (χ1n) is 23.2. The Labute approximate surface area is 514 Å². The van der Waals surface area contributed by atoms with Crippen molar-refractivity contribution in [3.8, 4) is 39.8 Å². The summed E-state index contributed by atoms with van der Waals surface area (Å²) in [6.45, 7) is 9.11. The number of hydrogen-bond donors (Lipinski definition) is 2. The van der Waals surface area contributed by atoms with Gasteiger partial charge in [-0.1, -0.05) is 179 Å². The summed E-state index contributed by atoms with van der Waals surface area (Å²) < 4.78 is 6.17. The molecule has 0 fully saturated rings. The van der Waals surface area contributed by atoms with Crippen LogP contribution in [0.1, 0.15) is 68.3 Å². The van der Waals surface area contributed by atoms with Crippen LogP contribution in [0, 0.1) is 23.2 Å². The van der Waals surface area contributed by atoms with Gasteiger partial charge in [0.05, 0.1) is 6.07 Å². The number of aromatic hydroxyl groups is 1. The second-order valence-corrected chi connectivity index (χ2v) is 17.7. The van der Waals surface area contributed by atoms with E-state index in [0.717, 1.165) is 36.1 Å². The first-order chi connectivity index (χ1) is 34.1. The van der Waals surface area contributed by atoms with Gasteiger partial charge in [-0.25, -0.2) is 0 Å². The molecule has 0 unspecified atom stereocenters. The summed E-state index contributed by atoms with van der Waals surface area (Å²) in [4.78, 5) is 11.2. The molecule has 0 aliphatic rings. The van der Waals surface area contributed by atoms with Crippen molar-refractivity contribution in [2.45, 2.75) is 60.0 Å². The summed E-state index contributed by atoms with van der Waals surface area (Å²) in [5, 5.41) is 45.6. The van der Waals surface area contributed by atoms with Crippen LogP contribution in [0.15, 0.2) is 170 Å². The number of fused-ring (bicyclic) bond motifs is 2. The summed E-state index contributed by atoms with van der Waals surface area (Å²) in [7, 11) is 0. The molecule has 0 spiro atoms. The van der Waals surface area contributed by atoms with Gasteiger partial charge in [-0.15, -0.1) is 21.8 Å². The summed E-state index contributed by atoms with van der Waals surface area (Å²) in [5.41, 5.74) is 12.3. The van der Waals surface area contributed by atoms with Crippen molar-refractivity contribution in [1.82, 2.24) is 20.6 Å². The Morgan fingerprint density at radius 2 is 1.10 bits per heavy atom. The van der Waals surface area contributed by atoms with Gasteiger partial charge in [0, 0.05) is 12.8 Å². The minimum absolute atomic E-state index is 0. The number of carbonyl (C=O) groups excluding carboxylic acids is 1. The van der Waals surface area contributed by atoms with E-state index in [1.165, 1.54) is 66.1 Å². The topological polar surface area (TPSA) is 157 Å². The van der Waals surface area contributed by atoms with Crippen LogP contribution in [0.2, 0.25) is 0 Å². The van der Waals surface area contributed by atoms with E-state index in [2.05, 4.69) is 211 Å². The van der Waals surface area contributed by atoms with E-state index in [0.29, 0.717) is 29.8 Å². The fourth-order valence-corrected chi connectivity index (χ4v) is 8.45. The van der Waals surface area contributed by atoms with Crippen molar-refractivity contribution in [2.75, 3.05) is 5.88 Å². The van der Waals surface area contributed by atoms with Crippen LogP contribution in [0.4, 0.5) is 0 Å². The first kappa shape index (κ1) is 60.0. The number of tetrazole rings is 1. The zero-order valence-electron chi connectivity index (χ0n) is 42.9. The minimum Gasteiger partial charge on any atom is -1.00 e. The van der Waals surface area contributed by atoms with E-state index < -0.39 is 0 Å². The van der Waals surface area contributed by atoms with Crippen LogP contribution in [-0.4, -0.2) is 38.1 Å². The number of phenolic OH excluding ortho intramolecular Hbond substituents is 1. The normalized spacial score (nSPS) is 10.3. The van der Waals surface area contributed by atoms with Crippen LogP contribution in [-0.2, 0) is 42.0 Å². The Morgan fingerprint density at radius 3 is 1.58 bits per heavy atom. The number of ether oxygens (including phenoxy) is 1. The predicted octanol–water partition coefficient (Wildman–Crippen LogP) is 6.69. The number of benzene rings is 8. The average Bonchev–Trinajstić information content (AvgIpc) is 3.91. The third-order valence-electron chi connectivity index (χ3n) is 11.4. The first-order valence-corrected chi connectivity index (χ1v) is 23.7. The number of carbonyl (C=O) groups is 1. The standard InChI is InChI=1S/C29H28N4O.C27H26O.C2H2ClN.CH2O3.2K.H/c1-20(2)16-22-9-4-6-13-27(22)24-14-15-28(34-19-29-30-32-33-31-29)25(18-24)17-23-11-7-10-21-8-3-5-12-26(21)23;1-19(2)16-21-9-4-6-13-26(21)23-14-15-27(28)24(18-23)17-22-11-7-10-20-8-3-5-12-25(20)22;3-1-2-4;2-1-4-3;;;/h3-15,18,20H,16-17,19H2,1-2H3,(H,30,31,32,33);3-15,18-19,28H,16-17H2,1-2H3;1H2;1,3H;;;/q;;;;2*+1;-1/p-1. The molecule has 13 heteroatoms. The molecule has 0 saturated carbocycles. The molecule has 2 N–H and O–H groups in total. The zero-order chi connectivity index (χ0) is 49.7. The number of nitrogens with zero attached hydrogens (tertiary/aromatic N) is 4. The van der Waals surface area contributed by atoms with Crippen LogP contribution >= 0.6 is 11.6 Å². The SMILES string of the molecule is CC(C)Cc1ccccc1-c1ccc(O)c(Cc2cccc3ccccc23)c1.CC(C)Cc1ccccc1-c1ccc(OCc2nn[nH]n2)c(Cc2cccc3ccccc23)c1.N#CCCl.O=CO[O-].[H-].[K+].[K+]. The molecule has 8 aromatic carbocycles. The minimum atomic E-state index is -0.181. The van der Waals surface area contributed by atoms with Gasteiger partial charge in [-0.2, -0.15) is 10.5 Å². The fourth-order valence-electron chi connectivity index (χ4n) is 8.45. The smallest absolute Gasteiger partial charge is 1.00 e. The van der Waals surface area contributed by atoms with Crippen LogP contribution in [0.3, 0.4) is 0 Å². The van der Waals surface area contributed by atoms with Gasteiger partial charge in [0.25, 0.3) is 6.47 Å². The van der Waals surface area contributed by atoms with E-state index in [9.17, 15) is 5.11 Å². The Morgan fingerprint density at radius 1 is 0.653 bits per heavy atom. The van der Waals surface area contributed by atoms with Crippen molar-refractivity contribution in [1.29, 1.82) is 5.26 Å². The van der Waals surface area contributed by atoms with Crippen molar-refractivity contribution >= 4 is 39.6 Å². The fraction of sp³-hybridized carbons (Fsp3) is 0.203. The van der Waals surface area contributed by atoms with Crippen molar-refractivity contribution in [3.63, 3.8) is 0 Å². The Bertz CT molecular complexity index is 3120. The molecular weight excluding hydrogens is 972 g/mol. The summed E-state index contributed by atoms with van der Waals surface area (Å²) in [6, 6.07) is 61.3. The Balaban J connectivity index is 0.000000328. The van der Waals surface area contributed by atoms with Crippen LogP contribution in [0.5, 0.6) is 11.5 Å². The predicted molar refractivity (Wildman–Crippen MR) is 279 cm³/mol. The maximum atomic E-state index is 10.5. The molecule has 0 saturated heterocycles. The quantitative estimate of drug-likeness (QED) is 0.0398. The molecule has 0 aliphatic carbocycles. The third-order valence-corrected chi connectivity index (χ3v) is 11.5. The van der Waals surface area contributed by atoms with E-state index in [1.807, 2.05) is 12.1 Å². The van der Waals surface area contributed by atoms with Gasteiger partial charge < -0.3 is 21.4 Å². The van der Waals surface area contributed by atoms with Gasteiger partial charge in [0.15, 0.2) is 6.61 Å². The van der Waals surface area contributed by atoms with Crippen LogP contribution < -0.4 is 113 Å². The largest absolute Gasteiger partial charge is 1.00 e. The Kier molecular flexibility index (Phi) is 26.6. The number of halogens is 1. The summed E-state index contributed by atoms with van der Waals surface area (Å²) >= 11 is 4.82. The van der Waals surface area contributed by atoms with E-state index >= 15 is 0 Å². The molecule has 0 aliphatic heterocycles. The zero-order valence-corrected chi connectivity index (χ0v) is 48.9. The van der Waals surface area contributed by atoms with Gasteiger partial charge >= 0.3 is 103 Å². The number of alkyl halides is 1. The van der Waals surface area contributed by atoms with E-state index in [1.54, 1.807) is 6.07 Å². The molecule has 72 heavy (non-hydrogen) atoms. The molecule has 1 heterocycles. The van der Waals surface area contributed by atoms with E-state index in [4.69, 9.17) is 31.7 Å². The Hall–Kier alpha value is -4.57. The second kappa shape index (κ2) is 31.9. The maximum Gasteiger partial charge on any atom is 1.00 e. The molecular formula is C59H58ClK2N5O5. The summed E-state index contributed by atoms with van der Waals surface area (Å²) in [5.74, 6) is 3.02. The van der Waals surface area contributed by atoms with Gasteiger partial charge in [0.2, 0.25) is 5.82 Å². The monoisotopic (exact) mass is 1030 g/mol. The third kappa shape index (κ3) is 17.8. The molecule has 0 bridgehead atoms. The molecule has 358 valence electrons. The number of nitrogens with one attached hydrogen (secondary N) is 1. The molecule has 1 aromatic heterocycles. The van der Waals surface area contributed by atoms with E-state index in [-0.39, 0.29) is 123 Å². The number of phenols is 1. The van der Waals surface area contributed by atoms with Crippen molar-refractivity contribution in [3.05, 3.63) is 209 Å². The number of hydrogen-bond acceptors (Lipinski definition) is 9. The van der Waals surface area contributed by atoms with Gasteiger partial charge in [0.1, 0.15) is 17.4 Å². The molecule has 0 amide bonds. The number of H-pyrrole nitrogens is 1. The number of nitriles is 1. The molecule has 0 atom stereocenters.